The van der Waals surface area contributed by atoms with Crippen molar-refractivity contribution in [1.29, 1.82) is 0 Å². The van der Waals surface area contributed by atoms with Gasteiger partial charge in [-0.25, -0.2) is 4.79 Å². The topological polar surface area (TPSA) is 61.4 Å². The molecule has 0 spiro atoms. The molecule has 2 rings (SSSR count). The van der Waals surface area contributed by atoms with Gasteiger partial charge in [0.2, 0.25) is 0 Å². The molecular weight excluding hydrogens is 288 g/mol. The minimum Gasteiger partial charge on any atom is -0.396 e. The summed E-state index contributed by atoms with van der Waals surface area (Å²) in [6.07, 6.45) is 8.69. The number of hydrogen-bond acceptors (Lipinski definition) is 2. The van der Waals surface area contributed by atoms with Crippen molar-refractivity contribution >= 4 is 6.03 Å². The molecule has 1 aromatic carbocycles. The lowest BCUT2D eigenvalue weighted by Crippen LogP contribution is -2.45. The van der Waals surface area contributed by atoms with E-state index in [9.17, 15) is 4.79 Å². The zero-order valence-corrected chi connectivity index (χ0v) is 13.9. The molecule has 0 saturated heterocycles. The Bertz CT molecular complexity index is 501. The molecule has 0 aliphatic heterocycles. The number of amides is 2. The molecule has 126 valence electrons. The summed E-state index contributed by atoms with van der Waals surface area (Å²) in [7, 11) is 0. The van der Waals surface area contributed by atoms with Crippen LogP contribution in [0.3, 0.4) is 0 Å². The predicted octanol–water partition coefficient (Wildman–Crippen LogP) is 3.02. The summed E-state index contributed by atoms with van der Waals surface area (Å²) in [6, 6.07) is 10.5. The highest BCUT2D eigenvalue weighted by molar-refractivity contribution is 5.74. The Morgan fingerprint density at radius 3 is 2.70 bits per heavy atom. The van der Waals surface area contributed by atoms with Gasteiger partial charge in [0.05, 0.1) is 0 Å². The molecule has 1 aromatic rings. The van der Waals surface area contributed by atoms with Crippen LogP contribution < -0.4 is 10.6 Å². The number of carbonyl (C=O) groups excluding carboxylic acids is 1. The van der Waals surface area contributed by atoms with Crippen LogP contribution >= 0.6 is 0 Å². The number of benzene rings is 1. The second-order valence-electron chi connectivity index (χ2n) is 6.30. The summed E-state index contributed by atoms with van der Waals surface area (Å²) in [6.45, 7) is 2.28. The van der Waals surface area contributed by atoms with Crippen LogP contribution in [0.15, 0.2) is 42.5 Å². The van der Waals surface area contributed by atoms with Crippen LogP contribution in [0.5, 0.6) is 0 Å². The number of rotatable bonds is 8. The largest absolute Gasteiger partial charge is 0.396 e. The number of hydrogen-bond donors (Lipinski definition) is 3. The number of aliphatic hydroxyl groups is 1. The zero-order chi connectivity index (χ0) is 16.5. The van der Waals surface area contributed by atoms with E-state index in [0.29, 0.717) is 0 Å². The molecule has 0 heterocycles. The Labute approximate surface area is 139 Å². The lowest BCUT2D eigenvalue weighted by atomic mass is 10.0. The van der Waals surface area contributed by atoms with Crippen molar-refractivity contribution in [3.05, 3.63) is 48.0 Å². The van der Waals surface area contributed by atoms with Crippen molar-refractivity contribution in [3.63, 3.8) is 0 Å². The average molecular weight is 316 g/mol. The molecule has 3 atom stereocenters. The smallest absolute Gasteiger partial charge is 0.315 e. The van der Waals surface area contributed by atoms with Crippen LogP contribution in [0.2, 0.25) is 0 Å². The van der Waals surface area contributed by atoms with E-state index in [-0.39, 0.29) is 30.6 Å². The zero-order valence-electron chi connectivity index (χ0n) is 13.9. The van der Waals surface area contributed by atoms with Crippen molar-refractivity contribution in [2.75, 3.05) is 6.61 Å². The third-order valence-electron chi connectivity index (χ3n) is 4.32. The van der Waals surface area contributed by atoms with Gasteiger partial charge in [-0.1, -0.05) is 55.8 Å². The van der Waals surface area contributed by atoms with E-state index < -0.39 is 0 Å². The van der Waals surface area contributed by atoms with Crippen molar-refractivity contribution in [1.82, 2.24) is 10.6 Å². The molecule has 1 aliphatic rings. The van der Waals surface area contributed by atoms with Gasteiger partial charge >= 0.3 is 6.03 Å². The van der Waals surface area contributed by atoms with Gasteiger partial charge in [-0.3, -0.25) is 0 Å². The van der Waals surface area contributed by atoms with Crippen molar-refractivity contribution in [2.24, 2.45) is 5.92 Å². The van der Waals surface area contributed by atoms with Crippen LogP contribution in [-0.4, -0.2) is 29.8 Å². The molecule has 0 radical (unpaired) electrons. The van der Waals surface area contributed by atoms with E-state index in [0.717, 1.165) is 32.1 Å². The maximum absolute atomic E-state index is 12.2. The number of urea groups is 1. The molecule has 23 heavy (non-hydrogen) atoms. The monoisotopic (exact) mass is 316 g/mol. The van der Waals surface area contributed by atoms with E-state index in [1.165, 1.54) is 5.56 Å². The molecule has 1 unspecified atom stereocenters. The van der Waals surface area contributed by atoms with Gasteiger partial charge in [0.25, 0.3) is 0 Å². The van der Waals surface area contributed by atoms with E-state index >= 15 is 0 Å². The molecule has 1 aliphatic carbocycles. The summed E-state index contributed by atoms with van der Waals surface area (Å²) in [4.78, 5) is 12.2. The minimum atomic E-state index is -0.107. The highest BCUT2D eigenvalue weighted by atomic mass is 16.3. The molecule has 3 N–H and O–H groups in total. The normalized spacial score (nSPS) is 21.1. The molecule has 2 amide bonds. The first kappa shape index (κ1) is 17.5. The standard InChI is InChI=1S/C19H28N2O2/c1-2-6-17(11-9-15-7-4-3-5-8-15)20-19(23)21-18-12-10-16(13-18)14-22/h3-5,7-8,10,12,16-18,22H,2,6,9,11,13-14H2,1H3,(H2,20,21,23)/t16-,17?,18+/m0/s1. The highest BCUT2D eigenvalue weighted by Gasteiger charge is 2.20. The average Bonchev–Trinajstić information content (AvgIpc) is 3.01. The van der Waals surface area contributed by atoms with E-state index in [2.05, 4.69) is 29.7 Å². The van der Waals surface area contributed by atoms with Gasteiger partial charge < -0.3 is 15.7 Å². The number of aryl methyl sites for hydroxylation is 1. The van der Waals surface area contributed by atoms with Crippen LogP contribution in [0.1, 0.15) is 38.2 Å². The lowest BCUT2D eigenvalue weighted by molar-refractivity contribution is 0.227. The fourth-order valence-electron chi connectivity index (χ4n) is 3.04. The highest BCUT2D eigenvalue weighted by Crippen LogP contribution is 2.17. The van der Waals surface area contributed by atoms with Gasteiger partial charge in [-0.15, -0.1) is 0 Å². The van der Waals surface area contributed by atoms with Crippen LogP contribution in [0, 0.1) is 5.92 Å². The molecule has 0 fully saturated rings. The molecule has 4 nitrogen and oxygen atoms in total. The van der Waals surface area contributed by atoms with Crippen molar-refractivity contribution in [2.45, 2.75) is 51.1 Å². The first-order valence-electron chi connectivity index (χ1n) is 8.61. The van der Waals surface area contributed by atoms with E-state index in [4.69, 9.17) is 5.11 Å². The Kier molecular flexibility index (Phi) is 7.14. The first-order chi connectivity index (χ1) is 11.2. The fourth-order valence-corrected chi connectivity index (χ4v) is 3.04. The van der Waals surface area contributed by atoms with Crippen LogP contribution in [0.4, 0.5) is 4.79 Å². The summed E-state index contributed by atoms with van der Waals surface area (Å²) >= 11 is 0. The van der Waals surface area contributed by atoms with Gasteiger partial charge in [-0.2, -0.15) is 0 Å². The molecule has 0 saturated carbocycles. The van der Waals surface area contributed by atoms with Gasteiger partial charge in [0, 0.05) is 24.6 Å². The molecule has 4 heteroatoms. The fraction of sp³-hybridized carbons (Fsp3) is 0.526. The summed E-state index contributed by atoms with van der Waals surface area (Å²) in [5, 5.41) is 15.2. The van der Waals surface area contributed by atoms with Crippen LogP contribution in [-0.2, 0) is 6.42 Å². The second-order valence-corrected chi connectivity index (χ2v) is 6.30. The Morgan fingerprint density at radius 1 is 1.26 bits per heavy atom. The van der Waals surface area contributed by atoms with E-state index in [1.54, 1.807) is 0 Å². The maximum atomic E-state index is 12.2. The number of aliphatic hydroxyl groups excluding tert-OH is 1. The second kappa shape index (κ2) is 9.36. The Balaban J connectivity index is 1.77. The first-order valence-corrected chi connectivity index (χ1v) is 8.61. The third-order valence-corrected chi connectivity index (χ3v) is 4.32. The van der Waals surface area contributed by atoms with E-state index in [1.807, 2.05) is 30.4 Å². The molecular formula is C19H28N2O2. The summed E-state index contributed by atoms with van der Waals surface area (Å²) < 4.78 is 0. The van der Waals surface area contributed by atoms with Gasteiger partial charge in [0.1, 0.15) is 0 Å². The number of carbonyl (C=O) groups is 1. The minimum absolute atomic E-state index is 0.0311. The Morgan fingerprint density at radius 2 is 2.04 bits per heavy atom. The predicted molar refractivity (Wildman–Crippen MR) is 93.2 cm³/mol. The SMILES string of the molecule is CCCC(CCc1ccccc1)NC(=O)N[C@@H]1C=C[C@H](CO)C1. The van der Waals surface area contributed by atoms with Gasteiger partial charge in [-0.05, 0) is 31.2 Å². The third kappa shape index (κ3) is 6.06. The van der Waals surface area contributed by atoms with Crippen molar-refractivity contribution in [3.8, 4) is 0 Å². The van der Waals surface area contributed by atoms with Crippen LogP contribution in [0.25, 0.3) is 0 Å². The summed E-state index contributed by atoms with van der Waals surface area (Å²) in [5.74, 6) is 0.171. The van der Waals surface area contributed by atoms with Gasteiger partial charge in [0.15, 0.2) is 0 Å². The molecule has 0 bridgehead atoms. The van der Waals surface area contributed by atoms with Crippen molar-refractivity contribution < 1.29 is 9.90 Å². The summed E-state index contributed by atoms with van der Waals surface area (Å²) in [5.41, 5.74) is 1.31. The quantitative estimate of drug-likeness (QED) is 0.646. The maximum Gasteiger partial charge on any atom is 0.315 e. The molecule has 0 aromatic heterocycles. The lowest BCUT2D eigenvalue weighted by Gasteiger charge is -2.20. The Hall–Kier alpha value is -1.81. The number of nitrogens with one attached hydrogen (secondary N) is 2.